The number of nitrogens with zero attached hydrogens (tertiary/aromatic N) is 1. The van der Waals surface area contributed by atoms with Crippen LogP contribution in [0.15, 0.2) is 12.3 Å². The maximum Gasteiger partial charge on any atom is 0.152 e. The molecule has 1 heterocycles. The molecule has 1 saturated carbocycles. The molecule has 0 spiro atoms. The highest BCUT2D eigenvalue weighted by Gasteiger charge is 2.25. The minimum Gasteiger partial charge on any atom is -0.488 e. The number of hydrogen-bond donors (Lipinski definition) is 2. The predicted octanol–water partition coefficient (Wildman–Crippen LogP) is 1.71. The van der Waals surface area contributed by atoms with Crippen LogP contribution >= 0.6 is 0 Å². The van der Waals surface area contributed by atoms with Gasteiger partial charge in [0.1, 0.15) is 11.4 Å². The Balaban J connectivity index is 2.26. The molecule has 0 amide bonds. The molecule has 0 bridgehead atoms. The van der Waals surface area contributed by atoms with Crippen LogP contribution in [0.4, 0.5) is 11.5 Å². The lowest BCUT2D eigenvalue weighted by molar-refractivity contribution is 0.304. The first-order chi connectivity index (χ1) is 6.85. The molecule has 0 radical (unpaired) electrons. The van der Waals surface area contributed by atoms with Gasteiger partial charge in [0.15, 0.2) is 5.82 Å². The lowest BCUT2D eigenvalue weighted by Crippen LogP contribution is -2.04. The Kier molecular flexibility index (Phi) is 2.43. The SMILES string of the molecule is CNc1nccc(OC2CC2)c1NC. The summed E-state index contributed by atoms with van der Waals surface area (Å²) in [6, 6.07) is 1.89. The molecule has 14 heavy (non-hydrogen) atoms. The van der Waals surface area contributed by atoms with Gasteiger partial charge >= 0.3 is 0 Å². The summed E-state index contributed by atoms with van der Waals surface area (Å²) in [5, 5.41) is 6.13. The van der Waals surface area contributed by atoms with Crippen LogP contribution < -0.4 is 15.4 Å². The van der Waals surface area contributed by atoms with Gasteiger partial charge in [-0.05, 0) is 12.8 Å². The quantitative estimate of drug-likeness (QED) is 0.764. The van der Waals surface area contributed by atoms with E-state index in [0.29, 0.717) is 6.10 Å². The Bertz CT molecular complexity index is 323. The lowest BCUT2D eigenvalue weighted by Gasteiger charge is -2.13. The maximum atomic E-state index is 5.75. The van der Waals surface area contributed by atoms with E-state index in [9.17, 15) is 0 Å². The van der Waals surface area contributed by atoms with E-state index in [2.05, 4.69) is 15.6 Å². The van der Waals surface area contributed by atoms with Crippen molar-refractivity contribution in [1.82, 2.24) is 4.98 Å². The molecular weight excluding hydrogens is 178 g/mol. The number of rotatable bonds is 4. The first-order valence-electron chi connectivity index (χ1n) is 4.86. The van der Waals surface area contributed by atoms with E-state index in [-0.39, 0.29) is 0 Å². The van der Waals surface area contributed by atoms with Crippen LogP contribution in [0.2, 0.25) is 0 Å². The first kappa shape index (κ1) is 9.12. The van der Waals surface area contributed by atoms with Gasteiger partial charge < -0.3 is 15.4 Å². The fraction of sp³-hybridized carbons (Fsp3) is 0.500. The summed E-state index contributed by atoms with van der Waals surface area (Å²) in [5.41, 5.74) is 0.932. The highest BCUT2D eigenvalue weighted by atomic mass is 16.5. The number of nitrogens with one attached hydrogen (secondary N) is 2. The molecule has 4 nitrogen and oxygen atoms in total. The average molecular weight is 193 g/mol. The van der Waals surface area contributed by atoms with E-state index in [1.165, 1.54) is 12.8 Å². The van der Waals surface area contributed by atoms with Gasteiger partial charge in [-0.2, -0.15) is 0 Å². The molecule has 2 rings (SSSR count). The number of hydrogen-bond acceptors (Lipinski definition) is 4. The van der Waals surface area contributed by atoms with Gasteiger partial charge in [0, 0.05) is 26.4 Å². The topological polar surface area (TPSA) is 46.2 Å². The van der Waals surface area contributed by atoms with Crippen molar-refractivity contribution in [3.63, 3.8) is 0 Å². The second kappa shape index (κ2) is 3.74. The molecule has 1 fully saturated rings. The molecule has 0 aliphatic heterocycles. The van der Waals surface area contributed by atoms with Gasteiger partial charge in [0.25, 0.3) is 0 Å². The van der Waals surface area contributed by atoms with Crippen LogP contribution in [0.1, 0.15) is 12.8 Å². The number of ether oxygens (including phenoxy) is 1. The van der Waals surface area contributed by atoms with Gasteiger partial charge in [-0.15, -0.1) is 0 Å². The van der Waals surface area contributed by atoms with Gasteiger partial charge in [-0.3, -0.25) is 0 Å². The van der Waals surface area contributed by atoms with E-state index in [4.69, 9.17) is 4.74 Å². The highest BCUT2D eigenvalue weighted by molar-refractivity contribution is 5.71. The van der Waals surface area contributed by atoms with Crippen molar-refractivity contribution in [3.8, 4) is 5.75 Å². The normalized spacial score (nSPS) is 15.0. The molecule has 1 aromatic rings. The molecule has 1 aliphatic rings. The highest BCUT2D eigenvalue weighted by Crippen LogP contribution is 2.34. The second-order valence-corrected chi connectivity index (χ2v) is 3.35. The van der Waals surface area contributed by atoms with Crippen molar-refractivity contribution in [2.24, 2.45) is 0 Å². The Morgan fingerprint density at radius 3 is 2.71 bits per heavy atom. The molecule has 2 N–H and O–H groups in total. The molecule has 1 aliphatic carbocycles. The average Bonchev–Trinajstić information content (AvgIpc) is 3.01. The Labute approximate surface area is 83.7 Å². The molecule has 0 atom stereocenters. The lowest BCUT2D eigenvalue weighted by atomic mass is 10.3. The third-order valence-electron chi connectivity index (χ3n) is 2.22. The van der Waals surface area contributed by atoms with Crippen LogP contribution in [0, 0.1) is 0 Å². The van der Waals surface area contributed by atoms with Crippen LogP contribution in [0.25, 0.3) is 0 Å². The minimum atomic E-state index is 0.411. The molecule has 76 valence electrons. The Hall–Kier alpha value is -1.45. The minimum absolute atomic E-state index is 0.411. The Morgan fingerprint density at radius 2 is 2.14 bits per heavy atom. The summed E-state index contributed by atoms with van der Waals surface area (Å²) in [4.78, 5) is 4.20. The number of pyridine rings is 1. The molecular formula is C10H15N3O. The van der Waals surface area contributed by atoms with Crippen molar-refractivity contribution in [2.45, 2.75) is 18.9 Å². The van der Waals surface area contributed by atoms with Gasteiger partial charge in [-0.25, -0.2) is 4.98 Å². The van der Waals surface area contributed by atoms with E-state index in [1.54, 1.807) is 6.20 Å². The third-order valence-corrected chi connectivity index (χ3v) is 2.22. The van der Waals surface area contributed by atoms with Gasteiger partial charge in [0.2, 0.25) is 0 Å². The number of aromatic nitrogens is 1. The summed E-state index contributed by atoms with van der Waals surface area (Å²) in [6.45, 7) is 0. The standard InChI is InChI=1S/C10H15N3O/c1-11-9-8(14-7-3-4-7)5-6-13-10(9)12-2/h5-7,11H,3-4H2,1-2H3,(H,12,13). The number of anilines is 2. The van der Waals surface area contributed by atoms with Crippen molar-refractivity contribution in [1.29, 1.82) is 0 Å². The Morgan fingerprint density at radius 1 is 1.36 bits per heavy atom. The summed E-state index contributed by atoms with van der Waals surface area (Å²) in [5.74, 6) is 1.71. The fourth-order valence-corrected chi connectivity index (χ4v) is 1.34. The first-order valence-corrected chi connectivity index (χ1v) is 4.86. The molecule has 4 heteroatoms. The summed E-state index contributed by atoms with van der Waals surface area (Å²) in [6.07, 6.45) is 4.50. The molecule has 0 unspecified atom stereocenters. The zero-order valence-corrected chi connectivity index (χ0v) is 8.50. The van der Waals surface area contributed by atoms with Crippen LogP contribution in [-0.2, 0) is 0 Å². The van der Waals surface area contributed by atoms with E-state index in [1.807, 2.05) is 20.2 Å². The summed E-state index contributed by atoms with van der Waals surface area (Å²) >= 11 is 0. The molecule has 1 aromatic heterocycles. The van der Waals surface area contributed by atoms with Gasteiger partial charge in [-0.1, -0.05) is 0 Å². The predicted molar refractivity (Wildman–Crippen MR) is 57.0 cm³/mol. The van der Waals surface area contributed by atoms with E-state index >= 15 is 0 Å². The monoisotopic (exact) mass is 193 g/mol. The maximum absolute atomic E-state index is 5.75. The summed E-state index contributed by atoms with van der Waals surface area (Å²) in [7, 11) is 3.72. The van der Waals surface area contributed by atoms with Crippen molar-refractivity contribution in [2.75, 3.05) is 24.7 Å². The van der Waals surface area contributed by atoms with Crippen LogP contribution in [0.5, 0.6) is 5.75 Å². The van der Waals surface area contributed by atoms with E-state index in [0.717, 1.165) is 17.3 Å². The van der Waals surface area contributed by atoms with Gasteiger partial charge in [0.05, 0.1) is 6.10 Å². The largest absolute Gasteiger partial charge is 0.488 e. The fourth-order valence-electron chi connectivity index (χ4n) is 1.34. The van der Waals surface area contributed by atoms with E-state index < -0.39 is 0 Å². The summed E-state index contributed by atoms with van der Waals surface area (Å²) < 4.78 is 5.75. The zero-order valence-electron chi connectivity index (χ0n) is 8.50. The van der Waals surface area contributed by atoms with Crippen LogP contribution in [0.3, 0.4) is 0 Å². The zero-order chi connectivity index (χ0) is 9.97. The molecule has 0 saturated heterocycles. The van der Waals surface area contributed by atoms with Crippen molar-refractivity contribution in [3.05, 3.63) is 12.3 Å². The molecule has 0 aromatic carbocycles. The smallest absolute Gasteiger partial charge is 0.152 e. The van der Waals surface area contributed by atoms with Crippen molar-refractivity contribution < 1.29 is 4.74 Å². The third kappa shape index (κ3) is 1.73. The van der Waals surface area contributed by atoms with Crippen LogP contribution in [-0.4, -0.2) is 25.2 Å². The van der Waals surface area contributed by atoms with Crippen molar-refractivity contribution >= 4 is 11.5 Å². The second-order valence-electron chi connectivity index (χ2n) is 3.35.